The number of aromatic nitrogens is 2. The molecule has 0 aliphatic carbocycles. The topological polar surface area (TPSA) is 35.0 Å². The fraction of sp³-hybridized carbons (Fsp3) is 0.158. The number of benzene rings is 2. The van der Waals surface area contributed by atoms with E-state index in [9.17, 15) is 4.39 Å². The van der Waals surface area contributed by atoms with Gasteiger partial charge in [0.25, 0.3) is 0 Å². The van der Waals surface area contributed by atoms with Crippen molar-refractivity contribution in [3.63, 3.8) is 0 Å². The molecule has 1 heterocycles. The van der Waals surface area contributed by atoms with Crippen molar-refractivity contribution in [1.82, 2.24) is 9.97 Å². The first-order valence-corrected chi connectivity index (χ1v) is 7.41. The molecule has 0 saturated heterocycles. The molecule has 0 saturated carbocycles. The Kier molecular flexibility index (Phi) is 4.33. The summed E-state index contributed by atoms with van der Waals surface area (Å²) in [7, 11) is 0. The van der Waals surface area contributed by atoms with Gasteiger partial charge in [-0.3, -0.25) is 0 Å². The van der Waals surface area contributed by atoms with Crippen LogP contribution < -0.4 is 4.74 Å². The van der Waals surface area contributed by atoms with Crippen molar-refractivity contribution >= 4 is 0 Å². The summed E-state index contributed by atoms with van der Waals surface area (Å²) in [5, 5.41) is 0. The molecule has 0 aliphatic rings. The van der Waals surface area contributed by atoms with Crippen LogP contribution in [-0.2, 0) is 6.61 Å². The number of aryl methyl sites for hydroxylation is 1. The Labute approximate surface area is 134 Å². The highest BCUT2D eigenvalue weighted by molar-refractivity contribution is 5.56. The summed E-state index contributed by atoms with van der Waals surface area (Å²) in [5.41, 5.74) is 3.60. The smallest absolute Gasteiger partial charge is 0.220 e. The molecule has 0 N–H and O–H groups in total. The van der Waals surface area contributed by atoms with Gasteiger partial charge in [0.1, 0.15) is 12.4 Å². The Balaban J connectivity index is 1.89. The highest BCUT2D eigenvalue weighted by atomic mass is 19.1. The lowest BCUT2D eigenvalue weighted by atomic mass is 10.2. The largest absolute Gasteiger partial charge is 0.473 e. The Hall–Kier alpha value is -2.75. The van der Waals surface area contributed by atoms with E-state index in [-0.39, 0.29) is 5.82 Å². The van der Waals surface area contributed by atoms with Crippen LogP contribution in [0, 0.1) is 19.7 Å². The van der Waals surface area contributed by atoms with Crippen LogP contribution in [0.3, 0.4) is 0 Å². The van der Waals surface area contributed by atoms with Crippen LogP contribution in [-0.4, -0.2) is 9.97 Å². The molecule has 3 aromatic rings. The maximum atomic E-state index is 13.1. The lowest BCUT2D eigenvalue weighted by molar-refractivity contribution is 0.291. The summed E-state index contributed by atoms with van der Waals surface area (Å²) in [5.74, 6) is 0.815. The minimum atomic E-state index is -0.280. The van der Waals surface area contributed by atoms with Gasteiger partial charge in [-0.1, -0.05) is 30.3 Å². The van der Waals surface area contributed by atoms with E-state index in [4.69, 9.17) is 4.74 Å². The number of ether oxygens (including phenoxy) is 1. The third-order valence-corrected chi connectivity index (χ3v) is 3.67. The molecule has 0 spiro atoms. The summed E-state index contributed by atoms with van der Waals surface area (Å²) >= 11 is 0. The zero-order chi connectivity index (χ0) is 16.2. The van der Waals surface area contributed by atoms with Gasteiger partial charge < -0.3 is 4.74 Å². The molecule has 0 unspecified atom stereocenters. The van der Waals surface area contributed by atoms with E-state index in [0.717, 1.165) is 22.4 Å². The first-order valence-electron chi connectivity index (χ1n) is 7.41. The van der Waals surface area contributed by atoms with Gasteiger partial charge in [-0.05, 0) is 43.7 Å². The van der Waals surface area contributed by atoms with Crippen LogP contribution in [0.2, 0.25) is 0 Å². The van der Waals surface area contributed by atoms with Gasteiger partial charge in [-0.15, -0.1) is 0 Å². The van der Waals surface area contributed by atoms with E-state index < -0.39 is 0 Å². The zero-order valence-electron chi connectivity index (χ0n) is 13.1. The van der Waals surface area contributed by atoms with Crippen molar-refractivity contribution in [2.45, 2.75) is 20.5 Å². The molecule has 23 heavy (non-hydrogen) atoms. The molecule has 1 aromatic heterocycles. The number of halogens is 1. The average molecular weight is 308 g/mol. The minimum absolute atomic E-state index is 0.280. The first kappa shape index (κ1) is 15.2. The van der Waals surface area contributed by atoms with E-state index in [1.807, 2.05) is 44.2 Å². The fourth-order valence-corrected chi connectivity index (χ4v) is 2.20. The number of hydrogen-bond acceptors (Lipinski definition) is 3. The Morgan fingerprint density at radius 3 is 2.30 bits per heavy atom. The summed E-state index contributed by atoms with van der Waals surface area (Å²) in [6.45, 7) is 4.30. The van der Waals surface area contributed by atoms with Crippen LogP contribution >= 0.6 is 0 Å². The summed E-state index contributed by atoms with van der Waals surface area (Å²) in [6, 6.07) is 16.1. The average Bonchev–Trinajstić information content (AvgIpc) is 2.58. The van der Waals surface area contributed by atoms with Crippen molar-refractivity contribution in [1.29, 1.82) is 0 Å². The van der Waals surface area contributed by atoms with Crippen molar-refractivity contribution in [3.8, 4) is 17.3 Å². The second-order valence-electron chi connectivity index (χ2n) is 5.34. The van der Waals surface area contributed by atoms with Gasteiger partial charge in [0.2, 0.25) is 5.88 Å². The SMILES string of the molecule is Cc1nc(-c2ccc(F)cc2)nc(OCc2ccccc2)c1C. The zero-order valence-corrected chi connectivity index (χ0v) is 13.1. The van der Waals surface area contributed by atoms with Gasteiger partial charge in [-0.2, -0.15) is 4.98 Å². The highest BCUT2D eigenvalue weighted by Gasteiger charge is 2.11. The number of hydrogen-bond donors (Lipinski definition) is 0. The van der Waals surface area contributed by atoms with Gasteiger partial charge >= 0.3 is 0 Å². The molecule has 0 amide bonds. The maximum Gasteiger partial charge on any atom is 0.220 e. The summed E-state index contributed by atoms with van der Waals surface area (Å²) in [6.07, 6.45) is 0. The normalized spacial score (nSPS) is 10.6. The maximum absolute atomic E-state index is 13.1. The van der Waals surface area contributed by atoms with Crippen molar-refractivity contribution in [3.05, 3.63) is 77.2 Å². The van der Waals surface area contributed by atoms with E-state index >= 15 is 0 Å². The third kappa shape index (κ3) is 3.54. The monoisotopic (exact) mass is 308 g/mol. The second-order valence-corrected chi connectivity index (χ2v) is 5.34. The van der Waals surface area contributed by atoms with Crippen LogP contribution in [0.5, 0.6) is 5.88 Å². The quantitative estimate of drug-likeness (QED) is 0.713. The minimum Gasteiger partial charge on any atom is -0.473 e. The van der Waals surface area contributed by atoms with Crippen molar-refractivity contribution < 1.29 is 9.13 Å². The fourth-order valence-electron chi connectivity index (χ4n) is 2.20. The predicted molar refractivity (Wildman–Crippen MR) is 87.7 cm³/mol. The Morgan fingerprint density at radius 2 is 1.61 bits per heavy atom. The van der Waals surface area contributed by atoms with Crippen LogP contribution in [0.1, 0.15) is 16.8 Å². The summed E-state index contributed by atoms with van der Waals surface area (Å²) in [4.78, 5) is 8.97. The predicted octanol–water partition coefficient (Wildman–Crippen LogP) is 4.48. The number of nitrogens with zero attached hydrogens (tertiary/aromatic N) is 2. The third-order valence-electron chi connectivity index (χ3n) is 3.67. The highest BCUT2D eigenvalue weighted by Crippen LogP contribution is 2.24. The van der Waals surface area contributed by atoms with Crippen molar-refractivity contribution in [2.75, 3.05) is 0 Å². The molecule has 3 nitrogen and oxygen atoms in total. The van der Waals surface area contributed by atoms with E-state index in [1.165, 1.54) is 12.1 Å². The van der Waals surface area contributed by atoms with Crippen molar-refractivity contribution in [2.24, 2.45) is 0 Å². The van der Waals surface area contributed by atoms with Crippen LogP contribution in [0.15, 0.2) is 54.6 Å². The lowest BCUT2D eigenvalue weighted by Gasteiger charge is -2.12. The standard InChI is InChI=1S/C19H17FN2O/c1-13-14(2)21-18(16-8-10-17(20)11-9-16)22-19(13)23-12-15-6-4-3-5-7-15/h3-11H,12H2,1-2H3. The second kappa shape index (κ2) is 6.57. The first-order chi connectivity index (χ1) is 11.1. The molecule has 0 atom stereocenters. The Bertz CT molecular complexity index is 802. The number of rotatable bonds is 4. The van der Waals surface area contributed by atoms with Gasteiger partial charge in [0.05, 0.1) is 0 Å². The van der Waals surface area contributed by atoms with Crippen LogP contribution in [0.4, 0.5) is 4.39 Å². The Morgan fingerprint density at radius 1 is 0.913 bits per heavy atom. The van der Waals surface area contributed by atoms with E-state index in [0.29, 0.717) is 18.3 Å². The lowest BCUT2D eigenvalue weighted by Crippen LogP contribution is -2.03. The van der Waals surface area contributed by atoms with Gasteiger partial charge in [0, 0.05) is 16.8 Å². The molecule has 0 aliphatic heterocycles. The molecule has 4 heteroatoms. The molecule has 3 rings (SSSR count). The molecular weight excluding hydrogens is 291 g/mol. The van der Waals surface area contributed by atoms with Gasteiger partial charge in [0.15, 0.2) is 5.82 Å². The molecule has 116 valence electrons. The van der Waals surface area contributed by atoms with E-state index in [2.05, 4.69) is 9.97 Å². The molecule has 0 fully saturated rings. The molecular formula is C19H17FN2O. The van der Waals surface area contributed by atoms with Gasteiger partial charge in [-0.25, -0.2) is 9.37 Å². The molecule has 2 aromatic carbocycles. The van der Waals surface area contributed by atoms with E-state index in [1.54, 1.807) is 12.1 Å². The molecule has 0 radical (unpaired) electrons. The van der Waals surface area contributed by atoms with Crippen LogP contribution in [0.25, 0.3) is 11.4 Å². The summed E-state index contributed by atoms with van der Waals surface area (Å²) < 4.78 is 18.9. The molecule has 0 bridgehead atoms.